The van der Waals surface area contributed by atoms with Crippen LogP contribution >= 0.6 is 0 Å². The largest absolute Gasteiger partial charge is 0.243 e. The zero-order valence-corrected chi connectivity index (χ0v) is 15.4. The Kier molecular flexibility index (Phi) is 4.68. The first kappa shape index (κ1) is 18.7. The van der Waals surface area contributed by atoms with Gasteiger partial charge in [-0.05, 0) is 43.9 Å². The molecule has 0 unspecified atom stereocenters. The van der Waals surface area contributed by atoms with Crippen molar-refractivity contribution in [1.29, 1.82) is 0 Å². The van der Waals surface area contributed by atoms with Crippen molar-refractivity contribution in [2.24, 2.45) is 0 Å². The quantitative estimate of drug-likeness (QED) is 0.780. The number of nitrogens with zero attached hydrogens (tertiary/aromatic N) is 2. The number of halogens is 2. The highest BCUT2D eigenvalue weighted by Gasteiger charge is 2.49. The summed E-state index contributed by atoms with van der Waals surface area (Å²) >= 11 is 0. The van der Waals surface area contributed by atoms with Crippen molar-refractivity contribution in [3.05, 3.63) is 29.8 Å². The van der Waals surface area contributed by atoms with Gasteiger partial charge >= 0.3 is 0 Å². The van der Waals surface area contributed by atoms with Crippen LogP contribution in [-0.4, -0.2) is 56.9 Å². The first-order valence-corrected chi connectivity index (χ1v) is 11.3. The summed E-state index contributed by atoms with van der Waals surface area (Å²) in [5, 5.41) is 0. The van der Waals surface area contributed by atoms with Crippen LogP contribution in [0, 0.1) is 11.6 Å². The van der Waals surface area contributed by atoms with Crippen LogP contribution in [0.4, 0.5) is 8.78 Å². The number of rotatable bonds is 3. The van der Waals surface area contributed by atoms with Crippen LogP contribution in [0.1, 0.15) is 25.7 Å². The molecule has 25 heavy (non-hydrogen) atoms. The van der Waals surface area contributed by atoms with Gasteiger partial charge in [-0.15, -0.1) is 0 Å². The highest BCUT2D eigenvalue weighted by Crippen LogP contribution is 2.40. The normalized spacial score (nSPS) is 26.4. The molecule has 2 aliphatic heterocycles. The lowest BCUT2D eigenvalue weighted by molar-refractivity contribution is 0.138. The van der Waals surface area contributed by atoms with E-state index in [2.05, 4.69) is 0 Å². The average Bonchev–Trinajstić information content (AvgIpc) is 2.93. The van der Waals surface area contributed by atoms with Crippen LogP contribution in [0.15, 0.2) is 23.1 Å². The SMILES string of the molecule is CS(=O)(=O)N1CCC[C@]12CCCN(S(=O)(=O)c1ccc(F)c(F)c1)C2. The molecule has 1 atom stereocenters. The Hall–Kier alpha value is -1.10. The molecule has 1 aromatic carbocycles. The fraction of sp³-hybridized carbons (Fsp3) is 0.600. The Morgan fingerprint density at radius 3 is 2.24 bits per heavy atom. The maximum absolute atomic E-state index is 13.4. The predicted molar refractivity (Wildman–Crippen MR) is 87.9 cm³/mol. The zero-order valence-electron chi connectivity index (χ0n) is 13.8. The lowest BCUT2D eigenvalue weighted by Gasteiger charge is -2.44. The predicted octanol–water partition coefficient (Wildman–Crippen LogP) is 1.54. The van der Waals surface area contributed by atoms with Gasteiger partial charge in [-0.1, -0.05) is 0 Å². The molecule has 0 aromatic heterocycles. The van der Waals surface area contributed by atoms with E-state index < -0.39 is 37.2 Å². The van der Waals surface area contributed by atoms with E-state index in [0.29, 0.717) is 38.3 Å². The molecule has 3 rings (SSSR count). The Morgan fingerprint density at radius 2 is 1.64 bits per heavy atom. The van der Waals surface area contributed by atoms with Crippen LogP contribution in [0.25, 0.3) is 0 Å². The van der Waals surface area contributed by atoms with E-state index in [4.69, 9.17) is 0 Å². The third kappa shape index (κ3) is 3.32. The molecule has 2 saturated heterocycles. The second-order valence-electron chi connectivity index (χ2n) is 6.68. The third-order valence-electron chi connectivity index (χ3n) is 4.98. The number of hydrogen-bond donors (Lipinski definition) is 0. The monoisotopic (exact) mass is 394 g/mol. The first-order valence-electron chi connectivity index (χ1n) is 7.99. The van der Waals surface area contributed by atoms with E-state index >= 15 is 0 Å². The Labute approximate surface area is 146 Å². The molecule has 10 heteroatoms. The number of benzene rings is 1. The summed E-state index contributed by atoms with van der Waals surface area (Å²) in [6.45, 7) is 0.625. The van der Waals surface area contributed by atoms with E-state index in [0.717, 1.165) is 18.4 Å². The molecule has 140 valence electrons. The van der Waals surface area contributed by atoms with E-state index in [1.54, 1.807) is 0 Å². The number of piperidine rings is 1. The molecular weight excluding hydrogens is 374 g/mol. The van der Waals surface area contributed by atoms with Crippen molar-refractivity contribution in [2.75, 3.05) is 25.9 Å². The molecule has 0 N–H and O–H groups in total. The summed E-state index contributed by atoms with van der Waals surface area (Å²) in [4.78, 5) is -0.327. The molecule has 1 spiro atoms. The maximum Gasteiger partial charge on any atom is 0.243 e. The molecule has 0 aliphatic carbocycles. The Balaban J connectivity index is 1.94. The van der Waals surface area contributed by atoms with E-state index in [1.165, 1.54) is 8.61 Å². The van der Waals surface area contributed by atoms with Crippen molar-refractivity contribution in [2.45, 2.75) is 36.1 Å². The molecule has 0 radical (unpaired) electrons. The highest BCUT2D eigenvalue weighted by molar-refractivity contribution is 7.89. The summed E-state index contributed by atoms with van der Waals surface area (Å²) in [5.41, 5.74) is -0.753. The molecule has 0 bridgehead atoms. The van der Waals surface area contributed by atoms with Gasteiger partial charge < -0.3 is 0 Å². The van der Waals surface area contributed by atoms with E-state index in [-0.39, 0.29) is 18.0 Å². The third-order valence-corrected chi connectivity index (χ3v) is 8.19. The van der Waals surface area contributed by atoms with Gasteiger partial charge in [0.2, 0.25) is 20.0 Å². The summed E-state index contributed by atoms with van der Waals surface area (Å²) in [6, 6.07) is 2.47. The van der Waals surface area contributed by atoms with Crippen LogP contribution in [-0.2, 0) is 20.0 Å². The zero-order chi connectivity index (χ0) is 18.5. The molecule has 0 saturated carbocycles. The topological polar surface area (TPSA) is 74.8 Å². The van der Waals surface area contributed by atoms with Gasteiger partial charge in [-0.3, -0.25) is 0 Å². The van der Waals surface area contributed by atoms with Gasteiger partial charge in [-0.2, -0.15) is 8.61 Å². The molecule has 2 aliphatic rings. The van der Waals surface area contributed by atoms with E-state index in [1.807, 2.05) is 0 Å². The van der Waals surface area contributed by atoms with Crippen molar-refractivity contribution < 1.29 is 25.6 Å². The van der Waals surface area contributed by atoms with Crippen LogP contribution in [0.3, 0.4) is 0 Å². The fourth-order valence-corrected chi connectivity index (χ4v) is 6.88. The Morgan fingerprint density at radius 1 is 1.00 bits per heavy atom. The van der Waals surface area contributed by atoms with Crippen molar-refractivity contribution >= 4 is 20.0 Å². The number of sulfonamides is 2. The molecule has 6 nitrogen and oxygen atoms in total. The minimum Gasteiger partial charge on any atom is -0.212 e. The summed E-state index contributed by atoms with van der Waals surface area (Å²) in [7, 11) is -7.48. The molecule has 0 amide bonds. The van der Waals surface area contributed by atoms with Gasteiger partial charge in [-0.25, -0.2) is 25.6 Å². The van der Waals surface area contributed by atoms with Gasteiger partial charge in [0.05, 0.1) is 11.2 Å². The summed E-state index contributed by atoms with van der Waals surface area (Å²) < 4.78 is 78.9. The molecular formula is C15H20F2N2O4S2. The standard InChI is InChI=1S/C15H20F2N2O4S2/c1-24(20,21)19-9-3-7-15(19)6-2-8-18(11-15)25(22,23)12-4-5-13(16)14(17)10-12/h4-5,10H,2-3,6-9,11H2,1H3/t15-/m0/s1. The van der Waals surface area contributed by atoms with Gasteiger partial charge in [0.25, 0.3) is 0 Å². The minimum absolute atomic E-state index is 0.0292. The molecule has 1 aromatic rings. The van der Waals surface area contributed by atoms with Crippen molar-refractivity contribution in [1.82, 2.24) is 8.61 Å². The first-order chi connectivity index (χ1) is 11.6. The minimum atomic E-state index is -4.03. The second kappa shape index (κ2) is 6.26. The lowest BCUT2D eigenvalue weighted by atomic mass is 9.89. The smallest absolute Gasteiger partial charge is 0.212 e. The summed E-state index contributed by atoms with van der Waals surface area (Å²) in [5.74, 6) is -2.35. The van der Waals surface area contributed by atoms with Gasteiger partial charge in [0.1, 0.15) is 0 Å². The fourth-order valence-electron chi connectivity index (χ4n) is 3.90. The van der Waals surface area contributed by atoms with Gasteiger partial charge in [0.15, 0.2) is 11.6 Å². The van der Waals surface area contributed by atoms with Crippen LogP contribution < -0.4 is 0 Å². The summed E-state index contributed by atoms with van der Waals surface area (Å²) in [6.07, 6.45) is 3.48. The van der Waals surface area contributed by atoms with Gasteiger partial charge in [0, 0.05) is 25.2 Å². The second-order valence-corrected chi connectivity index (χ2v) is 10.5. The van der Waals surface area contributed by atoms with Crippen molar-refractivity contribution in [3.8, 4) is 0 Å². The van der Waals surface area contributed by atoms with Crippen LogP contribution in [0.2, 0.25) is 0 Å². The average molecular weight is 394 g/mol. The molecule has 2 fully saturated rings. The number of hydrogen-bond acceptors (Lipinski definition) is 4. The lowest BCUT2D eigenvalue weighted by Crippen LogP contribution is -2.58. The highest BCUT2D eigenvalue weighted by atomic mass is 32.2. The maximum atomic E-state index is 13.4. The van der Waals surface area contributed by atoms with Crippen LogP contribution in [0.5, 0.6) is 0 Å². The van der Waals surface area contributed by atoms with E-state index in [9.17, 15) is 25.6 Å². The van der Waals surface area contributed by atoms with Crippen molar-refractivity contribution in [3.63, 3.8) is 0 Å². The molecule has 2 heterocycles. The Bertz CT molecular complexity index is 889.